The van der Waals surface area contributed by atoms with Gasteiger partial charge < -0.3 is 5.32 Å². The largest absolute Gasteiger partial charge is 0.311 e. The van der Waals surface area contributed by atoms with Crippen LogP contribution in [0.25, 0.3) is 0 Å². The van der Waals surface area contributed by atoms with Crippen LogP contribution in [-0.4, -0.2) is 16.3 Å². The molecule has 2 rings (SSSR count). The zero-order valence-corrected chi connectivity index (χ0v) is 10.7. The van der Waals surface area contributed by atoms with Crippen molar-refractivity contribution >= 4 is 0 Å². The van der Waals surface area contributed by atoms with E-state index in [1.807, 2.05) is 23.9 Å². The van der Waals surface area contributed by atoms with Crippen molar-refractivity contribution in [3.8, 4) is 6.07 Å². The summed E-state index contributed by atoms with van der Waals surface area (Å²) in [5, 5.41) is 16.0. The number of halogens is 1. The lowest BCUT2D eigenvalue weighted by molar-refractivity contribution is 0.540. The molecule has 0 saturated carbocycles. The highest BCUT2D eigenvalue weighted by Crippen LogP contribution is 2.09. The third-order valence-electron chi connectivity index (χ3n) is 2.78. The van der Waals surface area contributed by atoms with Gasteiger partial charge in [0.15, 0.2) is 0 Å². The Kier molecular flexibility index (Phi) is 4.26. The maximum Gasteiger partial charge on any atom is 0.129 e. The first-order valence-electron chi connectivity index (χ1n) is 6.07. The molecule has 0 aliphatic heterocycles. The van der Waals surface area contributed by atoms with Crippen LogP contribution in [0.15, 0.2) is 30.6 Å². The highest BCUT2D eigenvalue weighted by atomic mass is 19.1. The van der Waals surface area contributed by atoms with E-state index >= 15 is 0 Å². The normalized spacial score (nSPS) is 10.4. The molecule has 4 nitrogen and oxygen atoms in total. The molecule has 2 aromatic rings. The fourth-order valence-corrected chi connectivity index (χ4v) is 1.77. The quantitative estimate of drug-likeness (QED) is 0.834. The number of nitrogens with zero attached hydrogens (tertiary/aromatic N) is 3. The standard InChI is InChI=1S/C14H15FN4/c1-11-8-18-19(10-11)5-4-17-9-13-3-2-12(7-16)6-14(13)15/h2-3,6,8,10,17H,4-5,9H2,1H3. The fourth-order valence-electron chi connectivity index (χ4n) is 1.77. The van der Waals surface area contributed by atoms with E-state index < -0.39 is 0 Å². The maximum absolute atomic E-state index is 13.6. The lowest BCUT2D eigenvalue weighted by Gasteiger charge is -2.06. The van der Waals surface area contributed by atoms with E-state index in [-0.39, 0.29) is 5.82 Å². The molecule has 1 heterocycles. The predicted octanol–water partition coefficient (Wildman–Crippen LogP) is 1.99. The van der Waals surface area contributed by atoms with Crippen LogP contribution in [-0.2, 0) is 13.1 Å². The molecule has 19 heavy (non-hydrogen) atoms. The van der Waals surface area contributed by atoms with Crippen molar-refractivity contribution < 1.29 is 4.39 Å². The molecule has 1 aromatic carbocycles. The van der Waals surface area contributed by atoms with E-state index in [0.29, 0.717) is 24.2 Å². The molecule has 5 heteroatoms. The first-order chi connectivity index (χ1) is 9.19. The van der Waals surface area contributed by atoms with Crippen LogP contribution in [0, 0.1) is 24.1 Å². The third kappa shape index (κ3) is 3.63. The van der Waals surface area contributed by atoms with Crippen molar-refractivity contribution in [2.75, 3.05) is 6.54 Å². The van der Waals surface area contributed by atoms with Crippen LogP contribution in [0.2, 0.25) is 0 Å². The van der Waals surface area contributed by atoms with Crippen LogP contribution in [0.1, 0.15) is 16.7 Å². The third-order valence-corrected chi connectivity index (χ3v) is 2.78. The van der Waals surface area contributed by atoms with Crippen molar-refractivity contribution in [1.82, 2.24) is 15.1 Å². The summed E-state index contributed by atoms with van der Waals surface area (Å²) >= 11 is 0. The van der Waals surface area contributed by atoms with Gasteiger partial charge in [-0.2, -0.15) is 10.4 Å². The highest BCUT2D eigenvalue weighted by Gasteiger charge is 2.03. The molecule has 0 amide bonds. The Morgan fingerprint density at radius 2 is 2.32 bits per heavy atom. The molecule has 0 spiro atoms. The number of hydrogen-bond donors (Lipinski definition) is 1. The number of benzene rings is 1. The minimum Gasteiger partial charge on any atom is -0.311 e. The van der Waals surface area contributed by atoms with E-state index in [4.69, 9.17) is 5.26 Å². The van der Waals surface area contributed by atoms with Gasteiger partial charge >= 0.3 is 0 Å². The summed E-state index contributed by atoms with van der Waals surface area (Å²) in [7, 11) is 0. The van der Waals surface area contributed by atoms with Crippen molar-refractivity contribution in [3.63, 3.8) is 0 Å². The molecule has 0 unspecified atom stereocenters. The highest BCUT2D eigenvalue weighted by molar-refractivity contribution is 5.32. The summed E-state index contributed by atoms with van der Waals surface area (Å²) in [4.78, 5) is 0. The fraction of sp³-hybridized carbons (Fsp3) is 0.286. The smallest absolute Gasteiger partial charge is 0.129 e. The van der Waals surface area contributed by atoms with E-state index in [1.165, 1.54) is 6.07 Å². The maximum atomic E-state index is 13.6. The zero-order chi connectivity index (χ0) is 13.7. The number of hydrogen-bond acceptors (Lipinski definition) is 3. The van der Waals surface area contributed by atoms with Gasteiger partial charge in [-0.25, -0.2) is 4.39 Å². The topological polar surface area (TPSA) is 53.6 Å². The molecule has 0 saturated heterocycles. The summed E-state index contributed by atoms with van der Waals surface area (Å²) in [6, 6.07) is 6.43. The molecule has 0 fully saturated rings. The first kappa shape index (κ1) is 13.2. The van der Waals surface area contributed by atoms with Crippen LogP contribution in [0.3, 0.4) is 0 Å². The van der Waals surface area contributed by atoms with Crippen LogP contribution in [0.5, 0.6) is 0 Å². The molecular weight excluding hydrogens is 243 g/mol. The average molecular weight is 258 g/mol. The van der Waals surface area contributed by atoms with Crippen LogP contribution < -0.4 is 5.32 Å². The zero-order valence-electron chi connectivity index (χ0n) is 10.7. The summed E-state index contributed by atoms with van der Waals surface area (Å²) in [6.07, 6.45) is 3.77. The lowest BCUT2D eigenvalue weighted by Crippen LogP contribution is -2.20. The molecule has 0 bridgehead atoms. The summed E-state index contributed by atoms with van der Waals surface area (Å²) in [6.45, 7) is 3.88. The van der Waals surface area contributed by atoms with E-state index in [2.05, 4.69) is 10.4 Å². The van der Waals surface area contributed by atoms with Crippen molar-refractivity contribution in [2.45, 2.75) is 20.0 Å². The Labute approximate surface area is 111 Å². The monoisotopic (exact) mass is 258 g/mol. The van der Waals surface area contributed by atoms with E-state index in [1.54, 1.807) is 18.3 Å². The Morgan fingerprint density at radius 3 is 2.95 bits per heavy atom. The van der Waals surface area contributed by atoms with Gasteiger partial charge in [-0.15, -0.1) is 0 Å². The van der Waals surface area contributed by atoms with Crippen molar-refractivity contribution in [1.29, 1.82) is 5.26 Å². The Bertz CT molecular complexity index is 598. The Hall–Kier alpha value is -2.19. The average Bonchev–Trinajstić information content (AvgIpc) is 2.82. The second-order valence-corrected chi connectivity index (χ2v) is 4.38. The van der Waals surface area contributed by atoms with Crippen molar-refractivity contribution in [2.24, 2.45) is 0 Å². The van der Waals surface area contributed by atoms with Crippen molar-refractivity contribution in [3.05, 3.63) is 53.1 Å². The number of aryl methyl sites for hydroxylation is 1. The summed E-state index contributed by atoms with van der Waals surface area (Å²) < 4.78 is 15.4. The number of nitriles is 1. The minimum atomic E-state index is -0.346. The molecule has 1 N–H and O–H groups in total. The summed E-state index contributed by atoms with van der Waals surface area (Å²) in [5.74, 6) is -0.346. The first-order valence-corrected chi connectivity index (χ1v) is 6.07. The molecule has 0 aliphatic carbocycles. The SMILES string of the molecule is Cc1cnn(CCNCc2ccc(C#N)cc2F)c1. The van der Waals surface area contributed by atoms with Crippen LogP contribution in [0.4, 0.5) is 4.39 Å². The lowest BCUT2D eigenvalue weighted by atomic mass is 10.1. The van der Waals surface area contributed by atoms with Gasteiger partial charge in [0.2, 0.25) is 0 Å². The minimum absolute atomic E-state index is 0.341. The Balaban J connectivity index is 1.81. The molecule has 0 atom stereocenters. The van der Waals surface area contributed by atoms with Gasteiger partial charge in [0, 0.05) is 24.8 Å². The van der Waals surface area contributed by atoms with E-state index in [0.717, 1.165) is 12.1 Å². The number of nitrogens with one attached hydrogen (secondary N) is 1. The molecule has 0 radical (unpaired) electrons. The predicted molar refractivity (Wildman–Crippen MR) is 69.8 cm³/mol. The van der Waals surface area contributed by atoms with Crippen LogP contribution >= 0.6 is 0 Å². The number of rotatable bonds is 5. The molecule has 1 aromatic heterocycles. The van der Waals surface area contributed by atoms with Gasteiger partial charge in [-0.1, -0.05) is 6.07 Å². The Morgan fingerprint density at radius 1 is 1.47 bits per heavy atom. The molecular formula is C14H15FN4. The number of aromatic nitrogens is 2. The molecule has 98 valence electrons. The second kappa shape index (κ2) is 6.12. The van der Waals surface area contributed by atoms with Gasteiger partial charge in [-0.05, 0) is 24.6 Å². The van der Waals surface area contributed by atoms with Gasteiger partial charge in [0.25, 0.3) is 0 Å². The van der Waals surface area contributed by atoms with Gasteiger partial charge in [0.05, 0.1) is 24.4 Å². The summed E-state index contributed by atoms with van der Waals surface area (Å²) in [5.41, 5.74) is 2.03. The van der Waals surface area contributed by atoms with Gasteiger partial charge in [0.1, 0.15) is 5.82 Å². The molecule has 0 aliphatic rings. The second-order valence-electron chi connectivity index (χ2n) is 4.38. The van der Waals surface area contributed by atoms with Gasteiger partial charge in [-0.3, -0.25) is 4.68 Å². The van der Waals surface area contributed by atoms with E-state index in [9.17, 15) is 4.39 Å².